The molecule has 68 valence electrons. The monoisotopic (exact) mass is 177 g/mol. The molecule has 0 bridgehead atoms. The lowest BCUT2D eigenvalue weighted by Gasteiger charge is -2.00. The van der Waals surface area contributed by atoms with Crippen molar-refractivity contribution in [2.75, 3.05) is 5.32 Å². The molecule has 1 aromatic heterocycles. The molecule has 0 saturated carbocycles. The molecule has 0 aliphatic rings. The Labute approximate surface area is 76.7 Å². The van der Waals surface area contributed by atoms with E-state index in [1.54, 1.807) is 19.1 Å². The van der Waals surface area contributed by atoms with Crippen LogP contribution in [0, 0.1) is 6.92 Å². The fourth-order valence-electron chi connectivity index (χ4n) is 0.842. The minimum absolute atomic E-state index is 0.180. The summed E-state index contributed by atoms with van der Waals surface area (Å²) in [6.07, 6.45) is 4.53. The Kier molecular flexibility index (Phi) is 3.14. The number of hydrogen-bond acceptors (Lipinski definition) is 3. The zero-order chi connectivity index (χ0) is 9.68. The molecule has 1 N–H and O–H groups in total. The zero-order valence-corrected chi connectivity index (χ0v) is 7.61. The van der Waals surface area contributed by atoms with E-state index in [0.717, 1.165) is 5.69 Å². The van der Waals surface area contributed by atoms with Crippen LogP contribution in [0.5, 0.6) is 0 Å². The van der Waals surface area contributed by atoms with Crippen LogP contribution in [-0.2, 0) is 4.79 Å². The van der Waals surface area contributed by atoms with Gasteiger partial charge in [-0.05, 0) is 19.9 Å². The number of carbonyl (C=O) groups is 1. The van der Waals surface area contributed by atoms with E-state index >= 15 is 0 Å². The first-order valence-electron chi connectivity index (χ1n) is 3.94. The Hall–Kier alpha value is -1.71. The second-order valence-electron chi connectivity index (χ2n) is 2.53. The number of anilines is 1. The highest BCUT2D eigenvalue weighted by Gasteiger charge is 1.97. The summed E-state index contributed by atoms with van der Waals surface area (Å²) in [5.41, 5.74) is 0.825. The quantitative estimate of drug-likeness (QED) is 0.693. The van der Waals surface area contributed by atoms with E-state index in [9.17, 15) is 4.79 Å². The molecule has 1 aromatic rings. The maximum absolute atomic E-state index is 11.1. The molecule has 0 radical (unpaired) electrons. The topological polar surface area (TPSA) is 54.9 Å². The van der Waals surface area contributed by atoms with Crippen molar-refractivity contribution in [3.05, 3.63) is 30.2 Å². The third kappa shape index (κ3) is 3.02. The highest BCUT2D eigenvalue weighted by molar-refractivity contribution is 5.98. The molecule has 0 aliphatic carbocycles. The number of rotatable bonds is 2. The molecule has 0 fully saturated rings. The van der Waals surface area contributed by atoms with E-state index < -0.39 is 0 Å². The van der Waals surface area contributed by atoms with Crippen LogP contribution in [0.15, 0.2) is 24.5 Å². The summed E-state index contributed by atoms with van der Waals surface area (Å²) < 4.78 is 0. The largest absolute Gasteiger partial charge is 0.307 e. The fraction of sp³-hybridized carbons (Fsp3) is 0.222. The number of allylic oxidation sites excluding steroid dienone is 1. The molecular weight excluding hydrogens is 166 g/mol. The third-order valence-electron chi connectivity index (χ3n) is 1.37. The van der Waals surface area contributed by atoms with E-state index in [0.29, 0.717) is 5.82 Å². The summed E-state index contributed by atoms with van der Waals surface area (Å²) in [6, 6.07) is 1.71. The lowest BCUT2D eigenvalue weighted by Crippen LogP contribution is -2.09. The van der Waals surface area contributed by atoms with Crippen molar-refractivity contribution in [2.24, 2.45) is 0 Å². The van der Waals surface area contributed by atoms with Gasteiger partial charge in [-0.25, -0.2) is 9.97 Å². The van der Waals surface area contributed by atoms with E-state index in [-0.39, 0.29) is 5.91 Å². The van der Waals surface area contributed by atoms with Crippen LogP contribution in [0.4, 0.5) is 5.82 Å². The first-order valence-corrected chi connectivity index (χ1v) is 3.94. The molecule has 1 amide bonds. The van der Waals surface area contributed by atoms with Crippen LogP contribution in [0.1, 0.15) is 12.6 Å². The summed E-state index contributed by atoms with van der Waals surface area (Å²) in [6.45, 7) is 3.62. The summed E-state index contributed by atoms with van der Waals surface area (Å²) in [4.78, 5) is 18.9. The van der Waals surface area contributed by atoms with Crippen LogP contribution < -0.4 is 5.32 Å². The van der Waals surface area contributed by atoms with Crippen molar-refractivity contribution >= 4 is 11.7 Å². The van der Waals surface area contributed by atoms with Crippen LogP contribution in [0.3, 0.4) is 0 Å². The molecule has 0 spiro atoms. The van der Waals surface area contributed by atoms with Gasteiger partial charge < -0.3 is 5.32 Å². The normalized spacial score (nSPS) is 10.3. The predicted molar refractivity (Wildman–Crippen MR) is 50.2 cm³/mol. The van der Waals surface area contributed by atoms with Crippen molar-refractivity contribution in [1.82, 2.24) is 9.97 Å². The van der Waals surface area contributed by atoms with Gasteiger partial charge in [0.25, 0.3) is 0 Å². The Balaban J connectivity index is 2.69. The second-order valence-corrected chi connectivity index (χ2v) is 2.53. The smallest absolute Gasteiger partial charge is 0.249 e. The molecule has 0 aromatic carbocycles. The standard InChI is InChI=1S/C9H11N3O/c1-3-4-9(13)12-8-5-7(2)10-6-11-8/h3-6H,1-2H3,(H,10,11,12,13)/b4-3+. The molecule has 0 aliphatic heterocycles. The summed E-state index contributed by atoms with van der Waals surface area (Å²) in [5.74, 6) is 0.344. The summed E-state index contributed by atoms with van der Waals surface area (Å²) in [7, 11) is 0. The van der Waals surface area contributed by atoms with E-state index in [1.165, 1.54) is 12.4 Å². The minimum atomic E-state index is -0.180. The number of amides is 1. The van der Waals surface area contributed by atoms with Gasteiger partial charge in [-0.1, -0.05) is 6.08 Å². The van der Waals surface area contributed by atoms with Gasteiger partial charge >= 0.3 is 0 Å². The Morgan fingerprint density at radius 2 is 2.31 bits per heavy atom. The summed E-state index contributed by atoms with van der Waals surface area (Å²) in [5, 5.41) is 2.61. The summed E-state index contributed by atoms with van der Waals surface area (Å²) >= 11 is 0. The number of aromatic nitrogens is 2. The van der Waals surface area contributed by atoms with Gasteiger partial charge in [-0.3, -0.25) is 4.79 Å². The Morgan fingerprint density at radius 3 is 2.92 bits per heavy atom. The van der Waals surface area contributed by atoms with Gasteiger partial charge in [0.05, 0.1) is 0 Å². The van der Waals surface area contributed by atoms with E-state index in [2.05, 4.69) is 15.3 Å². The Bertz CT molecular complexity index is 333. The van der Waals surface area contributed by atoms with Gasteiger partial charge in [-0.2, -0.15) is 0 Å². The van der Waals surface area contributed by atoms with Crippen molar-refractivity contribution in [3.8, 4) is 0 Å². The average Bonchev–Trinajstić information content (AvgIpc) is 2.04. The van der Waals surface area contributed by atoms with Crippen molar-refractivity contribution in [3.63, 3.8) is 0 Å². The zero-order valence-electron chi connectivity index (χ0n) is 7.61. The maximum atomic E-state index is 11.1. The van der Waals surface area contributed by atoms with Crippen LogP contribution in [-0.4, -0.2) is 15.9 Å². The third-order valence-corrected chi connectivity index (χ3v) is 1.37. The number of nitrogens with zero attached hydrogens (tertiary/aromatic N) is 2. The Morgan fingerprint density at radius 1 is 1.54 bits per heavy atom. The van der Waals surface area contributed by atoms with Gasteiger partial charge in [0.15, 0.2) is 0 Å². The highest BCUT2D eigenvalue weighted by atomic mass is 16.1. The first kappa shape index (κ1) is 9.38. The van der Waals surface area contributed by atoms with Crippen molar-refractivity contribution < 1.29 is 4.79 Å². The van der Waals surface area contributed by atoms with Gasteiger partial charge in [0.1, 0.15) is 12.1 Å². The molecule has 4 nitrogen and oxygen atoms in total. The lowest BCUT2D eigenvalue weighted by molar-refractivity contribution is -0.111. The second kappa shape index (κ2) is 4.35. The number of aryl methyl sites for hydroxylation is 1. The van der Waals surface area contributed by atoms with Gasteiger partial charge in [0.2, 0.25) is 5.91 Å². The maximum Gasteiger partial charge on any atom is 0.249 e. The number of nitrogens with one attached hydrogen (secondary N) is 1. The predicted octanol–water partition coefficient (Wildman–Crippen LogP) is 1.30. The molecule has 1 rings (SSSR count). The van der Waals surface area contributed by atoms with Gasteiger partial charge in [-0.15, -0.1) is 0 Å². The lowest BCUT2D eigenvalue weighted by atomic mass is 10.4. The van der Waals surface area contributed by atoms with Crippen LogP contribution in [0.25, 0.3) is 0 Å². The molecule has 1 heterocycles. The minimum Gasteiger partial charge on any atom is -0.307 e. The molecule has 0 saturated heterocycles. The SMILES string of the molecule is C/C=C/C(=O)Nc1cc(C)ncn1. The molecule has 0 unspecified atom stereocenters. The highest BCUT2D eigenvalue weighted by Crippen LogP contribution is 2.01. The van der Waals surface area contributed by atoms with Crippen molar-refractivity contribution in [1.29, 1.82) is 0 Å². The number of hydrogen-bond donors (Lipinski definition) is 1. The van der Waals surface area contributed by atoms with Gasteiger partial charge in [0, 0.05) is 11.8 Å². The average molecular weight is 177 g/mol. The number of carbonyl (C=O) groups excluding carboxylic acids is 1. The van der Waals surface area contributed by atoms with Crippen LogP contribution >= 0.6 is 0 Å². The van der Waals surface area contributed by atoms with E-state index in [1.807, 2.05) is 6.92 Å². The van der Waals surface area contributed by atoms with Crippen molar-refractivity contribution in [2.45, 2.75) is 13.8 Å². The van der Waals surface area contributed by atoms with E-state index in [4.69, 9.17) is 0 Å². The van der Waals surface area contributed by atoms with Crippen LogP contribution in [0.2, 0.25) is 0 Å². The molecule has 4 heteroatoms. The fourth-order valence-corrected chi connectivity index (χ4v) is 0.842. The molecular formula is C9H11N3O. The molecule has 0 atom stereocenters. The molecule has 13 heavy (non-hydrogen) atoms. The first-order chi connectivity index (χ1) is 6.22.